The minimum atomic E-state index is -0.500. The molecule has 0 saturated carbocycles. The maximum absolute atomic E-state index is 12.6. The number of likely N-dealkylation sites (N-methyl/N-ethyl adjacent to an activating group) is 1. The molecule has 0 unspecified atom stereocenters. The Morgan fingerprint density at radius 1 is 1.07 bits per heavy atom. The van der Waals surface area contributed by atoms with E-state index in [-0.39, 0.29) is 12.4 Å². The van der Waals surface area contributed by atoms with Gasteiger partial charge in [-0.2, -0.15) is 0 Å². The summed E-state index contributed by atoms with van der Waals surface area (Å²) >= 11 is 1.67. The van der Waals surface area contributed by atoms with Gasteiger partial charge in [0.2, 0.25) is 5.95 Å². The first-order chi connectivity index (χ1) is 21.8. The topological polar surface area (TPSA) is 93.0 Å². The molecule has 0 fully saturated rings. The minimum Gasteiger partial charge on any atom is -0.489 e. The first kappa shape index (κ1) is 36.9. The highest BCUT2D eigenvalue weighted by Crippen LogP contribution is 2.46. The predicted molar refractivity (Wildman–Crippen MR) is 191 cm³/mol. The van der Waals surface area contributed by atoms with Crippen LogP contribution < -0.4 is 9.64 Å². The molecule has 0 amide bonds. The van der Waals surface area contributed by atoms with E-state index < -0.39 is 5.60 Å². The molecule has 10 heteroatoms. The lowest BCUT2D eigenvalue weighted by molar-refractivity contribution is -0.139. The summed E-state index contributed by atoms with van der Waals surface area (Å²) in [6.45, 7) is 18.4. The lowest BCUT2D eigenvalue weighted by atomic mass is 9.88. The number of hydrogen-bond donors (Lipinski definition) is 1. The van der Waals surface area contributed by atoms with Crippen LogP contribution in [0.3, 0.4) is 0 Å². The van der Waals surface area contributed by atoms with Crippen molar-refractivity contribution in [1.82, 2.24) is 18.8 Å². The number of aliphatic hydroxyl groups is 1. The molecule has 2 aromatic carbocycles. The number of hydrogen-bond acceptors (Lipinski definition) is 9. The third kappa shape index (κ3) is 9.02. The molecule has 46 heavy (non-hydrogen) atoms. The number of anilines is 2. The van der Waals surface area contributed by atoms with Crippen LogP contribution in [0.15, 0.2) is 42.7 Å². The number of ether oxygens (including phenoxy) is 2. The fraction of sp³-hybridized carbons (Fsp3) is 0.472. The number of rotatable bonds is 9. The van der Waals surface area contributed by atoms with Gasteiger partial charge in [-0.25, -0.2) is 9.97 Å². The zero-order valence-corrected chi connectivity index (χ0v) is 30.2. The Bertz CT molecular complexity index is 1590. The molecule has 3 heterocycles. The number of benzene rings is 2. The normalized spacial score (nSPS) is 12.3. The van der Waals surface area contributed by atoms with Gasteiger partial charge in [-0.15, -0.1) is 0 Å². The van der Waals surface area contributed by atoms with Crippen molar-refractivity contribution in [3.05, 3.63) is 65.1 Å². The van der Waals surface area contributed by atoms with Crippen LogP contribution in [0.2, 0.25) is 0 Å². The number of aryl methyl sites for hydroxylation is 2. The average Bonchev–Trinajstić information content (AvgIpc) is 3.36. The summed E-state index contributed by atoms with van der Waals surface area (Å²) in [5, 5.41) is 9.64. The SMILES string of the molecule is CC.CC(C)(C)O.COC(=O)Cc1c(C)c2c3c(cc(C)n3CCN2c2ncc(OCCN(C)SC)cn2)c1-c1ccc(C)cc1. The van der Waals surface area contributed by atoms with Crippen molar-refractivity contribution in [1.29, 1.82) is 0 Å². The summed E-state index contributed by atoms with van der Waals surface area (Å²) in [7, 11) is 3.47. The van der Waals surface area contributed by atoms with E-state index in [0.29, 0.717) is 18.3 Å². The second-order valence-electron chi connectivity index (χ2n) is 12.1. The van der Waals surface area contributed by atoms with Crippen molar-refractivity contribution < 1.29 is 19.4 Å². The molecular weight excluding hydrogens is 598 g/mol. The van der Waals surface area contributed by atoms with Crippen LogP contribution in [0.4, 0.5) is 11.6 Å². The van der Waals surface area contributed by atoms with Crippen molar-refractivity contribution in [2.45, 2.75) is 74.0 Å². The molecule has 0 saturated heterocycles. The van der Waals surface area contributed by atoms with Crippen molar-refractivity contribution in [2.24, 2.45) is 0 Å². The highest BCUT2D eigenvalue weighted by atomic mass is 32.2. The number of carbonyl (C=O) groups excluding carboxylic acids is 1. The van der Waals surface area contributed by atoms with Gasteiger partial charge < -0.3 is 24.0 Å². The Hall–Kier alpha value is -3.60. The van der Waals surface area contributed by atoms with Gasteiger partial charge in [0.25, 0.3) is 0 Å². The molecule has 0 bridgehead atoms. The molecule has 1 N–H and O–H groups in total. The molecule has 1 aliphatic heterocycles. The summed E-state index contributed by atoms with van der Waals surface area (Å²) in [4.78, 5) is 24.2. The van der Waals surface area contributed by atoms with Crippen LogP contribution in [0.5, 0.6) is 5.75 Å². The largest absolute Gasteiger partial charge is 0.489 e. The molecule has 4 aromatic rings. The maximum atomic E-state index is 12.6. The van der Waals surface area contributed by atoms with Gasteiger partial charge in [-0.05, 0) is 83.2 Å². The molecule has 1 aliphatic rings. The zero-order chi connectivity index (χ0) is 34.2. The van der Waals surface area contributed by atoms with Gasteiger partial charge in [0.1, 0.15) is 6.61 Å². The Kier molecular flexibility index (Phi) is 13.1. The highest BCUT2D eigenvalue weighted by Gasteiger charge is 2.30. The lowest BCUT2D eigenvalue weighted by Crippen LogP contribution is -2.30. The molecule has 2 aromatic heterocycles. The standard InChI is InChI=1S/C30H35N5O3S.C4H10O.C2H6/c1-19-7-9-22(10-8-19)27-24(16-26(36)37-5)21(3)28-29-25(27)15-20(2)34(29)11-12-35(28)30-31-17-23(18-32-30)38-14-13-33(4)39-6;1-4(2,3)5;1-2/h7-10,15,17-18H,11-14,16H2,1-6H3;5H,1-3H3;1-2H3. The third-order valence-electron chi connectivity index (χ3n) is 7.46. The molecular formula is C36H51N5O4S. The first-order valence-corrected chi connectivity index (χ1v) is 17.0. The van der Waals surface area contributed by atoms with Gasteiger partial charge in [0, 0.05) is 30.7 Å². The number of carbonyl (C=O) groups is 1. The van der Waals surface area contributed by atoms with E-state index in [2.05, 4.69) is 64.9 Å². The Labute approximate surface area is 279 Å². The third-order valence-corrected chi connectivity index (χ3v) is 8.26. The Morgan fingerprint density at radius 3 is 2.24 bits per heavy atom. The molecule has 0 aliphatic carbocycles. The second kappa shape index (κ2) is 16.3. The quantitative estimate of drug-likeness (QED) is 0.148. The van der Waals surface area contributed by atoms with E-state index in [9.17, 15) is 4.79 Å². The predicted octanol–water partition coefficient (Wildman–Crippen LogP) is 7.28. The molecule has 5 rings (SSSR count). The zero-order valence-electron chi connectivity index (χ0n) is 29.4. The number of esters is 1. The second-order valence-corrected chi connectivity index (χ2v) is 13.1. The Balaban J connectivity index is 0.000000752. The van der Waals surface area contributed by atoms with Crippen molar-refractivity contribution in [3.8, 4) is 16.9 Å². The van der Waals surface area contributed by atoms with E-state index in [4.69, 9.17) is 24.5 Å². The number of aromatic nitrogens is 3. The summed E-state index contributed by atoms with van der Waals surface area (Å²) < 4.78 is 15.5. The van der Waals surface area contributed by atoms with E-state index in [0.717, 1.165) is 58.5 Å². The van der Waals surface area contributed by atoms with Gasteiger partial charge in [0.05, 0.1) is 42.7 Å². The molecule has 0 radical (unpaired) electrons. The van der Waals surface area contributed by atoms with Gasteiger partial charge in [0.15, 0.2) is 5.75 Å². The van der Waals surface area contributed by atoms with Crippen molar-refractivity contribution >= 4 is 40.5 Å². The van der Waals surface area contributed by atoms with E-state index >= 15 is 0 Å². The molecule has 0 spiro atoms. The van der Waals surface area contributed by atoms with Crippen molar-refractivity contribution in [2.75, 3.05) is 45.0 Å². The summed E-state index contributed by atoms with van der Waals surface area (Å²) in [6, 6.07) is 10.7. The van der Waals surface area contributed by atoms with Crippen LogP contribution in [-0.4, -0.2) is 75.6 Å². The fourth-order valence-corrected chi connectivity index (χ4v) is 5.57. The van der Waals surface area contributed by atoms with Gasteiger partial charge in [-0.1, -0.05) is 55.6 Å². The van der Waals surface area contributed by atoms with E-state index in [1.807, 2.05) is 27.2 Å². The smallest absolute Gasteiger partial charge is 0.310 e. The fourth-order valence-electron chi connectivity index (χ4n) is 5.32. The number of nitrogens with zero attached hydrogens (tertiary/aromatic N) is 5. The van der Waals surface area contributed by atoms with E-state index in [1.54, 1.807) is 45.1 Å². The van der Waals surface area contributed by atoms with Crippen LogP contribution in [0.25, 0.3) is 22.0 Å². The van der Waals surface area contributed by atoms with Crippen molar-refractivity contribution in [3.63, 3.8) is 0 Å². The monoisotopic (exact) mass is 649 g/mol. The summed E-state index contributed by atoms with van der Waals surface area (Å²) in [6.07, 6.45) is 5.70. The molecule has 0 atom stereocenters. The molecule has 250 valence electrons. The number of methoxy groups -OCH3 is 1. The first-order valence-electron chi connectivity index (χ1n) is 15.8. The van der Waals surface area contributed by atoms with Crippen LogP contribution in [0, 0.1) is 20.8 Å². The average molecular weight is 650 g/mol. The van der Waals surface area contributed by atoms with Crippen LogP contribution in [0.1, 0.15) is 57.0 Å². The Morgan fingerprint density at radius 2 is 1.67 bits per heavy atom. The highest BCUT2D eigenvalue weighted by molar-refractivity contribution is 7.96. The minimum absolute atomic E-state index is 0.185. The van der Waals surface area contributed by atoms with Gasteiger partial charge >= 0.3 is 5.97 Å². The summed E-state index contributed by atoms with van der Waals surface area (Å²) in [5.74, 6) is 0.999. The van der Waals surface area contributed by atoms with Gasteiger partial charge in [-0.3, -0.25) is 9.10 Å². The molecule has 9 nitrogen and oxygen atoms in total. The van der Waals surface area contributed by atoms with Crippen LogP contribution >= 0.6 is 11.9 Å². The summed E-state index contributed by atoms with van der Waals surface area (Å²) in [5.41, 5.74) is 8.24. The van der Waals surface area contributed by atoms with Crippen LogP contribution in [-0.2, 0) is 22.5 Å². The lowest BCUT2D eigenvalue weighted by Gasteiger charge is -2.33. The maximum Gasteiger partial charge on any atom is 0.310 e. The van der Waals surface area contributed by atoms with E-state index in [1.165, 1.54) is 18.4 Å².